The molecule has 2 aromatic rings. The van der Waals surface area contributed by atoms with Crippen LogP contribution in [0.4, 0.5) is 5.69 Å². The lowest BCUT2D eigenvalue weighted by Crippen LogP contribution is -2.58. The number of para-hydroxylation sites is 1. The Kier molecular flexibility index (Phi) is 10.9. The van der Waals surface area contributed by atoms with Crippen molar-refractivity contribution in [1.29, 1.82) is 0 Å². The summed E-state index contributed by atoms with van der Waals surface area (Å²) < 4.78 is 12.5. The predicted molar refractivity (Wildman–Crippen MR) is 185 cm³/mol. The first-order valence-electron chi connectivity index (χ1n) is 16.4. The molecule has 3 saturated heterocycles. The summed E-state index contributed by atoms with van der Waals surface area (Å²) in [5, 5.41) is 13.6. The molecule has 11 heteroatoms. The standard InChI is InChI=1S/C37H44BrN3O7/c1-6-8-17-28(43)39-20-24(5)47-36(46)29-30-34(44)41(27(21-42)25-15-10-9-11-16-25)33(37(30)19-26(38)32(29)48-37)35(45)40(18-7-2)31-22(3)13-12-14-23(31)4/h6-7,9-16,24,26-27,29-30,32-33,42H,1-2,8,17-21H2,3-5H3,(H,39,43)/t24-,26?,27-,29-,30+,32-,33-,37+/m1/s1. The van der Waals surface area contributed by atoms with Gasteiger partial charge in [-0.2, -0.15) is 0 Å². The van der Waals surface area contributed by atoms with Crippen molar-refractivity contribution in [2.75, 3.05) is 24.6 Å². The summed E-state index contributed by atoms with van der Waals surface area (Å²) in [5.74, 6) is -3.71. The van der Waals surface area contributed by atoms with Crippen molar-refractivity contribution >= 4 is 45.3 Å². The van der Waals surface area contributed by atoms with Crippen LogP contribution in [0.1, 0.15) is 48.9 Å². The normalized spacial score (nSPS) is 26.8. The van der Waals surface area contributed by atoms with E-state index in [2.05, 4.69) is 34.4 Å². The number of benzene rings is 2. The minimum absolute atomic E-state index is 0.0988. The van der Waals surface area contributed by atoms with Crippen molar-refractivity contribution in [1.82, 2.24) is 10.2 Å². The molecule has 3 amide bonds. The first kappa shape index (κ1) is 35.5. The van der Waals surface area contributed by atoms with Crippen LogP contribution in [0.15, 0.2) is 73.8 Å². The Morgan fingerprint density at radius 2 is 1.83 bits per heavy atom. The number of halogens is 1. The van der Waals surface area contributed by atoms with Gasteiger partial charge < -0.3 is 29.7 Å². The molecule has 2 aromatic carbocycles. The van der Waals surface area contributed by atoms with Crippen molar-refractivity contribution in [2.24, 2.45) is 11.8 Å². The topological polar surface area (TPSA) is 125 Å². The first-order chi connectivity index (χ1) is 23.0. The zero-order valence-electron chi connectivity index (χ0n) is 27.6. The molecular formula is C37H44BrN3O7. The number of allylic oxidation sites excluding steroid dienone is 1. The van der Waals surface area contributed by atoms with Crippen LogP contribution in [0, 0.1) is 25.7 Å². The molecule has 3 aliphatic heterocycles. The number of carbonyl (C=O) groups is 4. The highest BCUT2D eigenvalue weighted by Crippen LogP contribution is 2.61. The second-order valence-electron chi connectivity index (χ2n) is 12.9. The van der Waals surface area contributed by atoms with Gasteiger partial charge in [0.05, 0.1) is 37.1 Å². The van der Waals surface area contributed by atoms with Crippen molar-refractivity contribution < 1.29 is 33.8 Å². The molecule has 3 fully saturated rings. The summed E-state index contributed by atoms with van der Waals surface area (Å²) >= 11 is 3.71. The molecule has 0 saturated carbocycles. The Hall–Kier alpha value is -3.80. The van der Waals surface area contributed by atoms with E-state index in [4.69, 9.17) is 9.47 Å². The van der Waals surface area contributed by atoms with Crippen molar-refractivity contribution in [2.45, 2.75) is 74.8 Å². The van der Waals surface area contributed by atoms with Crippen molar-refractivity contribution in [3.63, 3.8) is 0 Å². The number of aliphatic hydroxyl groups excluding tert-OH is 1. The summed E-state index contributed by atoms with van der Waals surface area (Å²) in [5.41, 5.74) is 1.72. The molecule has 1 unspecified atom stereocenters. The minimum Gasteiger partial charge on any atom is -0.460 e. The molecule has 0 aliphatic carbocycles. The van der Waals surface area contributed by atoms with Gasteiger partial charge in [-0.1, -0.05) is 76.6 Å². The lowest BCUT2D eigenvalue weighted by Gasteiger charge is -2.40. The number of amides is 3. The van der Waals surface area contributed by atoms with Gasteiger partial charge in [0.2, 0.25) is 11.8 Å². The van der Waals surface area contributed by atoms with Crippen LogP contribution in [-0.2, 0) is 28.7 Å². The maximum absolute atomic E-state index is 15.1. The molecule has 1 spiro atoms. The van der Waals surface area contributed by atoms with Gasteiger partial charge in [0, 0.05) is 23.5 Å². The third-order valence-electron chi connectivity index (χ3n) is 9.69. The second-order valence-corrected chi connectivity index (χ2v) is 14.1. The van der Waals surface area contributed by atoms with Crippen LogP contribution in [0.5, 0.6) is 0 Å². The third-order valence-corrected chi connectivity index (χ3v) is 10.5. The fraction of sp³-hybridized carbons (Fsp3) is 0.459. The molecule has 3 aliphatic rings. The molecule has 10 nitrogen and oxygen atoms in total. The van der Waals surface area contributed by atoms with Gasteiger partial charge in [-0.15, -0.1) is 13.2 Å². The van der Waals surface area contributed by atoms with E-state index in [0.29, 0.717) is 24.1 Å². The number of likely N-dealkylation sites (tertiary alicyclic amines) is 1. The molecule has 8 atom stereocenters. The molecule has 5 rings (SSSR count). The Balaban J connectivity index is 1.55. The number of aryl methyl sites for hydroxylation is 2. The van der Waals surface area contributed by atoms with E-state index in [1.54, 1.807) is 36.1 Å². The number of anilines is 1. The van der Waals surface area contributed by atoms with Crippen molar-refractivity contribution in [3.8, 4) is 0 Å². The van der Waals surface area contributed by atoms with Gasteiger partial charge in [-0.25, -0.2) is 0 Å². The summed E-state index contributed by atoms with van der Waals surface area (Å²) in [6, 6.07) is 12.8. The highest BCUT2D eigenvalue weighted by molar-refractivity contribution is 9.09. The molecule has 0 aromatic heterocycles. The molecule has 3 heterocycles. The lowest BCUT2D eigenvalue weighted by atomic mass is 9.70. The summed E-state index contributed by atoms with van der Waals surface area (Å²) in [4.78, 5) is 58.7. The number of esters is 1. The maximum Gasteiger partial charge on any atom is 0.312 e. The number of hydrogen-bond acceptors (Lipinski definition) is 7. The summed E-state index contributed by atoms with van der Waals surface area (Å²) in [6.07, 6.45) is 2.98. The number of nitrogens with one attached hydrogen (secondary N) is 1. The Morgan fingerprint density at radius 3 is 2.46 bits per heavy atom. The van der Waals surface area contributed by atoms with Gasteiger partial charge in [-0.3, -0.25) is 19.2 Å². The highest BCUT2D eigenvalue weighted by Gasteiger charge is 2.77. The van der Waals surface area contributed by atoms with Gasteiger partial charge in [-0.05, 0) is 50.3 Å². The lowest BCUT2D eigenvalue weighted by molar-refractivity contribution is -0.159. The first-order valence-corrected chi connectivity index (χ1v) is 17.3. The zero-order chi connectivity index (χ0) is 34.7. The second kappa shape index (κ2) is 14.8. The fourth-order valence-corrected chi connectivity index (χ4v) is 8.62. The van der Waals surface area contributed by atoms with Crippen LogP contribution in [-0.4, -0.2) is 82.1 Å². The Morgan fingerprint density at radius 1 is 1.15 bits per heavy atom. The number of rotatable bonds is 14. The number of fused-ring (bicyclic) bond motifs is 1. The molecular weight excluding hydrogens is 678 g/mol. The summed E-state index contributed by atoms with van der Waals surface area (Å²) in [7, 11) is 0. The van der Waals surface area contributed by atoms with E-state index in [0.717, 1.165) is 11.1 Å². The minimum atomic E-state index is -1.38. The Bertz CT molecular complexity index is 1550. The molecule has 2 N–H and O–H groups in total. The van der Waals surface area contributed by atoms with Crippen LogP contribution in [0.2, 0.25) is 0 Å². The third kappa shape index (κ3) is 6.35. The van der Waals surface area contributed by atoms with Crippen molar-refractivity contribution in [3.05, 3.63) is 90.5 Å². The van der Waals surface area contributed by atoms with Gasteiger partial charge in [0.15, 0.2) is 0 Å². The maximum atomic E-state index is 15.1. The van der Waals surface area contributed by atoms with Gasteiger partial charge in [0.1, 0.15) is 17.7 Å². The molecule has 0 radical (unpaired) electrons. The fourth-order valence-electron chi connectivity index (χ4n) is 7.68. The largest absolute Gasteiger partial charge is 0.460 e. The van der Waals surface area contributed by atoms with E-state index in [-0.39, 0.29) is 36.2 Å². The predicted octanol–water partition coefficient (Wildman–Crippen LogP) is 4.32. The number of nitrogens with zero attached hydrogens (tertiary/aromatic N) is 2. The smallest absolute Gasteiger partial charge is 0.312 e. The molecule has 2 bridgehead atoms. The summed E-state index contributed by atoms with van der Waals surface area (Å²) in [6.45, 7) is 12.9. The number of hydrogen-bond donors (Lipinski definition) is 2. The quantitative estimate of drug-likeness (QED) is 0.169. The average molecular weight is 723 g/mol. The van der Waals surface area contributed by atoms with E-state index >= 15 is 4.79 Å². The van der Waals surface area contributed by atoms with Crippen LogP contribution in [0.3, 0.4) is 0 Å². The SMILES string of the molecule is C=CCCC(=O)NC[C@@H](C)OC(=O)[C@H]1[C@@H]2O[C@@]3(CC2Br)[C@@H]1C(=O)N([C@H](CO)c1ccccc1)[C@@H]3C(=O)N(CC=C)c1c(C)cccc1C. The number of aliphatic hydroxyl groups is 1. The van der Waals surface area contributed by atoms with Gasteiger partial charge >= 0.3 is 5.97 Å². The van der Waals surface area contributed by atoms with E-state index in [1.807, 2.05) is 50.2 Å². The van der Waals surface area contributed by atoms with E-state index < -0.39 is 60.2 Å². The highest BCUT2D eigenvalue weighted by atomic mass is 79.9. The van der Waals surface area contributed by atoms with E-state index in [1.165, 1.54) is 4.90 Å². The van der Waals surface area contributed by atoms with Crippen LogP contribution < -0.4 is 10.2 Å². The van der Waals surface area contributed by atoms with E-state index in [9.17, 15) is 19.5 Å². The van der Waals surface area contributed by atoms with Crippen LogP contribution in [0.25, 0.3) is 0 Å². The average Bonchev–Trinajstić information content (AvgIpc) is 3.66. The molecule has 48 heavy (non-hydrogen) atoms. The van der Waals surface area contributed by atoms with Gasteiger partial charge in [0.25, 0.3) is 5.91 Å². The number of ether oxygens (including phenoxy) is 2. The monoisotopic (exact) mass is 721 g/mol. The number of carbonyl (C=O) groups excluding carboxylic acids is 4. The Labute approximate surface area is 290 Å². The zero-order valence-corrected chi connectivity index (χ0v) is 29.2. The molecule has 256 valence electrons. The number of alkyl halides is 1. The van der Waals surface area contributed by atoms with Crippen LogP contribution >= 0.6 is 15.9 Å².